The van der Waals surface area contributed by atoms with Crippen LogP contribution in [0.4, 0.5) is 5.69 Å². The molecule has 1 N–H and O–H groups in total. The van der Waals surface area contributed by atoms with E-state index in [-0.39, 0.29) is 18.4 Å². The molecule has 0 bridgehead atoms. The van der Waals surface area contributed by atoms with Gasteiger partial charge in [-0.25, -0.2) is 0 Å². The minimum atomic E-state index is -0.324. The molecular formula is C19H20Cl2N2O3. The normalized spacial score (nSPS) is 10.3. The highest BCUT2D eigenvalue weighted by Gasteiger charge is 2.15. The molecule has 0 saturated heterocycles. The van der Waals surface area contributed by atoms with Crippen molar-refractivity contribution in [2.45, 2.75) is 13.3 Å². The molecule has 0 atom stereocenters. The topological polar surface area (TPSA) is 58.6 Å². The molecule has 0 unspecified atom stereocenters. The van der Waals surface area contributed by atoms with Gasteiger partial charge in [0.2, 0.25) is 11.8 Å². The molecule has 0 aliphatic heterocycles. The molecule has 0 aliphatic rings. The van der Waals surface area contributed by atoms with Crippen molar-refractivity contribution in [2.75, 3.05) is 25.5 Å². The van der Waals surface area contributed by atoms with E-state index in [1.807, 2.05) is 24.3 Å². The van der Waals surface area contributed by atoms with E-state index in [2.05, 4.69) is 5.32 Å². The lowest BCUT2D eigenvalue weighted by molar-refractivity contribution is -0.132. The minimum absolute atomic E-state index is 0.0573. The first kappa shape index (κ1) is 20.1. The highest BCUT2D eigenvalue weighted by molar-refractivity contribution is 6.36. The Kier molecular flexibility index (Phi) is 7.30. The third-order valence-electron chi connectivity index (χ3n) is 3.79. The number of hydrogen-bond acceptors (Lipinski definition) is 3. The van der Waals surface area contributed by atoms with E-state index < -0.39 is 0 Å². The van der Waals surface area contributed by atoms with E-state index in [1.54, 1.807) is 25.3 Å². The molecule has 5 nitrogen and oxygen atoms in total. The van der Waals surface area contributed by atoms with Crippen LogP contribution in [0.3, 0.4) is 0 Å². The van der Waals surface area contributed by atoms with Gasteiger partial charge in [-0.05, 0) is 42.3 Å². The van der Waals surface area contributed by atoms with Gasteiger partial charge in [0.1, 0.15) is 5.75 Å². The van der Waals surface area contributed by atoms with Crippen molar-refractivity contribution in [3.8, 4) is 5.75 Å². The Labute approximate surface area is 162 Å². The van der Waals surface area contributed by atoms with Crippen molar-refractivity contribution >= 4 is 40.7 Å². The molecule has 0 radical (unpaired) electrons. The maximum absolute atomic E-state index is 12.3. The first-order valence-electron chi connectivity index (χ1n) is 8.02. The number of ether oxygens (including phenoxy) is 1. The van der Waals surface area contributed by atoms with Crippen LogP contribution in [-0.4, -0.2) is 36.9 Å². The van der Waals surface area contributed by atoms with Gasteiger partial charge in [-0.2, -0.15) is 0 Å². The first-order chi connectivity index (χ1) is 12.4. The second-order valence-electron chi connectivity index (χ2n) is 5.71. The van der Waals surface area contributed by atoms with E-state index in [0.717, 1.165) is 11.3 Å². The van der Waals surface area contributed by atoms with Gasteiger partial charge < -0.3 is 15.0 Å². The number of carbonyl (C=O) groups is 2. The molecule has 7 heteroatoms. The summed E-state index contributed by atoms with van der Waals surface area (Å²) < 4.78 is 5.19. The molecule has 2 amide bonds. The van der Waals surface area contributed by atoms with Gasteiger partial charge in [0.05, 0.1) is 24.4 Å². The summed E-state index contributed by atoms with van der Waals surface area (Å²) in [5.41, 5.74) is 1.48. The largest absolute Gasteiger partial charge is 0.497 e. The standard InChI is InChI=1S/C19H20Cl2N2O3/c1-13(24)23(9-8-14-4-3-5-16(10-14)26-2)12-19(25)22-18-7-6-15(20)11-17(18)21/h3-7,10-11H,8-9,12H2,1-2H3,(H,22,25). The molecule has 2 aromatic rings. The van der Waals surface area contributed by atoms with Crippen molar-refractivity contribution in [3.05, 3.63) is 58.1 Å². The molecule has 0 fully saturated rings. The number of nitrogens with zero attached hydrogens (tertiary/aromatic N) is 1. The zero-order valence-corrected chi connectivity index (χ0v) is 16.1. The van der Waals surface area contributed by atoms with Crippen LogP contribution in [0.1, 0.15) is 12.5 Å². The van der Waals surface area contributed by atoms with Crippen molar-refractivity contribution in [1.29, 1.82) is 0 Å². The number of rotatable bonds is 7. The summed E-state index contributed by atoms with van der Waals surface area (Å²) in [5, 5.41) is 3.52. The number of halogens is 2. The fourth-order valence-corrected chi connectivity index (χ4v) is 2.85. The van der Waals surface area contributed by atoms with Crippen LogP contribution in [0.25, 0.3) is 0 Å². The van der Waals surface area contributed by atoms with Gasteiger partial charge in [-0.3, -0.25) is 9.59 Å². The van der Waals surface area contributed by atoms with Gasteiger partial charge >= 0.3 is 0 Å². The lowest BCUT2D eigenvalue weighted by atomic mass is 10.1. The van der Waals surface area contributed by atoms with Crippen molar-refractivity contribution < 1.29 is 14.3 Å². The number of methoxy groups -OCH3 is 1. The molecule has 0 aromatic heterocycles. The summed E-state index contributed by atoms with van der Waals surface area (Å²) in [6.07, 6.45) is 0.617. The monoisotopic (exact) mass is 394 g/mol. The summed E-state index contributed by atoms with van der Waals surface area (Å²) in [6.45, 7) is 1.80. The minimum Gasteiger partial charge on any atom is -0.497 e. The molecule has 0 saturated carbocycles. The molecule has 2 aromatic carbocycles. The summed E-state index contributed by atoms with van der Waals surface area (Å²) in [5.74, 6) is 0.257. The summed E-state index contributed by atoms with van der Waals surface area (Å²) in [4.78, 5) is 25.6. The van der Waals surface area contributed by atoms with Gasteiger partial charge in [-0.1, -0.05) is 35.3 Å². The molecular weight excluding hydrogens is 375 g/mol. The third-order valence-corrected chi connectivity index (χ3v) is 4.34. The maximum Gasteiger partial charge on any atom is 0.244 e. The average Bonchev–Trinajstić information content (AvgIpc) is 2.61. The number of carbonyl (C=O) groups excluding carboxylic acids is 2. The zero-order valence-electron chi connectivity index (χ0n) is 14.6. The molecule has 2 rings (SSSR count). The SMILES string of the molecule is COc1cccc(CCN(CC(=O)Nc2ccc(Cl)cc2Cl)C(C)=O)c1. The molecule has 26 heavy (non-hydrogen) atoms. The number of nitrogens with one attached hydrogen (secondary N) is 1. The molecule has 138 valence electrons. The number of amides is 2. The highest BCUT2D eigenvalue weighted by Crippen LogP contribution is 2.25. The van der Waals surface area contributed by atoms with Crippen LogP contribution in [-0.2, 0) is 16.0 Å². The highest BCUT2D eigenvalue weighted by atomic mass is 35.5. The Morgan fingerprint density at radius 3 is 2.58 bits per heavy atom. The quantitative estimate of drug-likeness (QED) is 0.770. The van der Waals surface area contributed by atoms with Crippen molar-refractivity contribution in [3.63, 3.8) is 0 Å². The van der Waals surface area contributed by atoms with Crippen LogP contribution in [0.2, 0.25) is 10.0 Å². The Morgan fingerprint density at radius 1 is 1.15 bits per heavy atom. The van der Waals surface area contributed by atoms with Crippen molar-refractivity contribution in [1.82, 2.24) is 4.90 Å². The Hall–Kier alpha value is -2.24. The second kappa shape index (κ2) is 9.46. The Morgan fingerprint density at radius 2 is 1.92 bits per heavy atom. The van der Waals surface area contributed by atoms with Crippen LogP contribution >= 0.6 is 23.2 Å². The summed E-state index contributed by atoms with van der Waals surface area (Å²) in [6, 6.07) is 12.4. The molecule has 0 spiro atoms. The van der Waals surface area contributed by atoms with E-state index in [0.29, 0.717) is 28.7 Å². The van der Waals surface area contributed by atoms with Gasteiger partial charge in [0, 0.05) is 18.5 Å². The molecule has 0 heterocycles. The van der Waals surface area contributed by atoms with Gasteiger partial charge in [0.15, 0.2) is 0 Å². The number of benzene rings is 2. The van der Waals surface area contributed by atoms with E-state index in [1.165, 1.54) is 11.8 Å². The fraction of sp³-hybridized carbons (Fsp3) is 0.263. The van der Waals surface area contributed by atoms with E-state index in [9.17, 15) is 9.59 Å². The van der Waals surface area contributed by atoms with E-state index in [4.69, 9.17) is 27.9 Å². The second-order valence-corrected chi connectivity index (χ2v) is 6.56. The van der Waals surface area contributed by atoms with Crippen LogP contribution < -0.4 is 10.1 Å². The third kappa shape index (κ3) is 5.93. The van der Waals surface area contributed by atoms with Gasteiger partial charge in [0.25, 0.3) is 0 Å². The van der Waals surface area contributed by atoms with Gasteiger partial charge in [-0.15, -0.1) is 0 Å². The predicted octanol–water partition coefficient (Wildman–Crippen LogP) is 4.03. The van der Waals surface area contributed by atoms with Crippen molar-refractivity contribution in [2.24, 2.45) is 0 Å². The smallest absolute Gasteiger partial charge is 0.244 e. The maximum atomic E-state index is 12.3. The Balaban J connectivity index is 1.96. The van der Waals surface area contributed by atoms with Crippen LogP contribution in [0, 0.1) is 0 Å². The number of anilines is 1. The first-order valence-corrected chi connectivity index (χ1v) is 8.78. The lowest BCUT2D eigenvalue weighted by Crippen LogP contribution is -2.38. The fourth-order valence-electron chi connectivity index (χ4n) is 2.39. The predicted molar refractivity (Wildman–Crippen MR) is 104 cm³/mol. The average molecular weight is 395 g/mol. The van der Waals surface area contributed by atoms with E-state index >= 15 is 0 Å². The number of hydrogen-bond donors (Lipinski definition) is 1. The van der Waals surface area contributed by atoms with Crippen LogP contribution in [0.15, 0.2) is 42.5 Å². The van der Waals surface area contributed by atoms with Crippen LogP contribution in [0.5, 0.6) is 5.75 Å². The molecule has 0 aliphatic carbocycles. The lowest BCUT2D eigenvalue weighted by Gasteiger charge is -2.21. The Bertz CT molecular complexity index is 796. The summed E-state index contributed by atoms with van der Waals surface area (Å²) >= 11 is 11.9. The summed E-state index contributed by atoms with van der Waals surface area (Å²) in [7, 11) is 1.60. The zero-order chi connectivity index (χ0) is 19.1.